The van der Waals surface area contributed by atoms with Gasteiger partial charge in [0.2, 0.25) is 0 Å². The van der Waals surface area contributed by atoms with Gasteiger partial charge in [0, 0.05) is 7.45 Å². The minimum absolute atomic E-state index is 0.250. The molecule has 13 heavy (non-hydrogen) atoms. The fourth-order valence-corrected chi connectivity index (χ4v) is 0.929. The van der Waals surface area contributed by atoms with Gasteiger partial charge in [0.25, 0.3) is 0 Å². The van der Waals surface area contributed by atoms with E-state index in [2.05, 4.69) is 4.74 Å². The Bertz CT molecular complexity index is 345. The summed E-state index contributed by atoms with van der Waals surface area (Å²) in [5.41, 5.74) is 1.83. The van der Waals surface area contributed by atoms with Gasteiger partial charge in [0.1, 0.15) is 0 Å². The van der Waals surface area contributed by atoms with Crippen molar-refractivity contribution in [1.82, 2.24) is 0 Å². The highest BCUT2D eigenvalue weighted by molar-refractivity contribution is 5.86. The predicted octanol–water partition coefficient (Wildman–Crippen LogP) is 2.18. The molecule has 0 spiro atoms. The quantitative estimate of drug-likeness (QED) is 0.511. The second-order valence-corrected chi connectivity index (χ2v) is 2.60. The summed E-state index contributed by atoms with van der Waals surface area (Å²) in [4.78, 5) is 10.8. The fourth-order valence-electron chi connectivity index (χ4n) is 0.929. The summed E-state index contributed by atoms with van der Waals surface area (Å²) in [5.74, 6) is -0.374. The molecule has 0 atom stereocenters. The van der Waals surface area contributed by atoms with Crippen LogP contribution in [-0.4, -0.2) is 13.1 Å². The van der Waals surface area contributed by atoms with Crippen LogP contribution in [0.25, 0.3) is 6.08 Å². The van der Waals surface area contributed by atoms with E-state index in [1.807, 2.05) is 24.3 Å². The lowest BCUT2D eigenvalue weighted by Gasteiger charge is -1.94. The minimum Gasteiger partial charge on any atom is -0.466 e. The Morgan fingerprint density at radius 1 is 1.62 bits per heavy atom. The van der Waals surface area contributed by atoms with Crippen molar-refractivity contribution in [3.05, 3.63) is 41.5 Å². The summed E-state index contributed by atoms with van der Waals surface area (Å²) in [7, 11) is 1.34. The Balaban J connectivity index is 2.76. The van der Waals surface area contributed by atoms with Crippen molar-refractivity contribution in [1.29, 1.82) is 0 Å². The van der Waals surface area contributed by atoms with Crippen LogP contribution in [-0.2, 0) is 9.53 Å². The number of aryl methyl sites for hydroxylation is 1. The van der Waals surface area contributed by atoms with Gasteiger partial charge < -0.3 is 4.74 Å². The van der Waals surface area contributed by atoms with Crippen molar-refractivity contribution in [2.45, 2.75) is 6.90 Å². The summed E-state index contributed by atoms with van der Waals surface area (Å²) < 4.78 is 11.6. The minimum atomic E-state index is -0.374. The molecular formula is C11H12O2. The van der Waals surface area contributed by atoms with Crippen LogP contribution in [0.2, 0.25) is 0 Å². The van der Waals surface area contributed by atoms with Gasteiger partial charge in [-0.3, -0.25) is 0 Å². The standard InChI is InChI=1S/C11H12O2/c1-9-4-3-5-10(8-9)6-7-11(12)13-2/h3-8H,1-2H3/b7-6+/i1D. The SMILES string of the molecule is [2H]Cc1cccc(/C=C/C(=O)OC)c1. The summed E-state index contributed by atoms with van der Waals surface area (Å²) in [6, 6.07) is 7.48. The van der Waals surface area contributed by atoms with E-state index in [-0.39, 0.29) is 12.9 Å². The van der Waals surface area contributed by atoms with Gasteiger partial charge in [-0.15, -0.1) is 0 Å². The number of methoxy groups -OCH3 is 1. The molecule has 1 rings (SSSR count). The molecule has 0 unspecified atom stereocenters. The molecule has 1 aromatic carbocycles. The molecule has 0 aliphatic heterocycles. The molecule has 2 heteroatoms. The zero-order valence-electron chi connectivity index (χ0n) is 8.49. The molecule has 1 aromatic rings. The van der Waals surface area contributed by atoms with Gasteiger partial charge >= 0.3 is 5.97 Å². The zero-order valence-corrected chi connectivity index (χ0v) is 7.49. The molecule has 2 nitrogen and oxygen atoms in total. The molecule has 0 fully saturated rings. The first kappa shape index (κ1) is 8.05. The van der Waals surface area contributed by atoms with Gasteiger partial charge in [-0.1, -0.05) is 29.8 Å². The number of hydrogen-bond acceptors (Lipinski definition) is 2. The first-order chi connectivity index (χ1) is 6.76. The molecule has 0 N–H and O–H groups in total. The molecule has 0 amide bonds. The van der Waals surface area contributed by atoms with E-state index in [9.17, 15) is 4.79 Å². The average Bonchev–Trinajstić information content (AvgIpc) is 2.26. The lowest BCUT2D eigenvalue weighted by Crippen LogP contribution is -1.93. The van der Waals surface area contributed by atoms with Gasteiger partial charge in [0.05, 0.1) is 7.11 Å². The summed E-state index contributed by atoms with van der Waals surface area (Å²) in [5, 5.41) is 0. The Kier molecular flexibility index (Phi) is 2.76. The van der Waals surface area contributed by atoms with Crippen molar-refractivity contribution in [2.24, 2.45) is 0 Å². The van der Waals surface area contributed by atoms with E-state index in [1.54, 1.807) is 6.08 Å². The number of carbonyl (C=O) groups is 1. The van der Waals surface area contributed by atoms with Gasteiger partial charge in [-0.25, -0.2) is 4.79 Å². The summed E-state index contributed by atoms with van der Waals surface area (Å²) in [6.07, 6.45) is 3.04. The highest BCUT2D eigenvalue weighted by atomic mass is 16.5. The van der Waals surface area contributed by atoms with E-state index in [0.717, 1.165) is 11.1 Å². The Morgan fingerprint density at radius 2 is 2.46 bits per heavy atom. The van der Waals surface area contributed by atoms with Crippen LogP contribution in [0.4, 0.5) is 0 Å². The lowest BCUT2D eigenvalue weighted by molar-refractivity contribution is -0.134. The van der Waals surface area contributed by atoms with E-state index in [4.69, 9.17) is 1.37 Å². The monoisotopic (exact) mass is 177 g/mol. The van der Waals surface area contributed by atoms with Crippen LogP contribution >= 0.6 is 0 Å². The zero-order chi connectivity index (χ0) is 10.4. The Morgan fingerprint density at radius 3 is 3.15 bits per heavy atom. The van der Waals surface area contributed by atoms with Crippen LogP contribution in [0.1, 0.15) is 12.5 Å². The number of esters is 1. The van der Waals surface area contributed by atoms with Crippen LogP contribution in [0.15, 0.2) is 30.3 Å². The maximum Gasteiger partial charge on any atom is 0.330 e. The Hall–Kier alpha value is -1.57. The number of ether oxygens (including phenoxy) is 1. The maximum absolute atomic E-state index is 10.8. The van der Waals surface area contributed by atoms with E-state index in [0.29, 0.717) is 0 Å². The molecule has 0 saturated heterocycles. The van der Waals surface area contributed by atoms with Gasteiger partial charge in [-0.2, -0.15) is 0 Å². The molecule has 0 aliphatic rings. The van der Waals surface area contributed by atoms with E-state index in [1.165, 1.54) is 13.2 Å². The summed E-state index contributed by atoms with van der Waals surface area (Å²) in [6.45, 7) is 0.250. The highest BCUT2D eigenvalue weighted by Gasteiger charge is 1.91. The predicted molar refractivity (Wildman–Crippen MR) is 52.2 cm³/mol. The first-order valence-electron chi connectivity index (χ1n) is 4.61. The van der Waals surface area contributed by atoms with Crippen molar-refractivity contribution in [3.8, 4) is 0 Å². The number of hydrogen-bond donors (Lipinski definition) is 0. The summed E-state index contributed by atoms with van der Waals surface area (Å²) >= 11 is 0. The topological polar surface area (TPSA) is 26.3 Å². The first-order valence-corrected chi connectivity index (χ1v) is 3.90. The third kappa shape index (κ3) is 3.11. The van der Waals surface area contributed by atoms with Crippen LogP contribution in [0, 0.1) is 6.90 Å². The smallest absolute Gasteiger partial charge is 0.330 e. The molecule has 0 heterocycles. The van der Waals surface area contributed by atoms with Crippen LogP contribution < -0.4 is 0 Å². The second-order valence-electron chi connectivity index (χ2n) is 2.60. The average molecular weight is 177 g/mol. The largest absolute Gasteiger partial charge is 0.466 e. The van der Waals surface area contributed by atoms with Crippen molar-refractivity contribution < 1.29 is 10.9 Å². The molecule has 0 radical (unpaired) electrons. The second kappa shape index (κ2) is 4.45. The van der Waals surface area contributed by atoms with Crippen LogP contribution in [0.5, 0.6) is 0 Å². The number of carbonyl (C=O) groups excluding carboxylic acids is 1. The van der Waals surface area contributed by atoms with Crippen molar-refractivity contribution in [2.75, 3.05) is 7.11 Å². The molecule has 0 bridgehead atoms. The molecular weight excluding hydrogens is 164 g/mol. The third-order valence-electron chi connectivity index (χ3n) is 1.56. The van der Waals surface area contributed by atoms with Crippen molar-refractivity contribution in [3.63, 3.8) is 0 Å². The third-order valence-corrected chi connectivity index (χ3v) is 1.56. The molecule has 0 aromatic heterocycles. The number of benzene rings is 1. The maximum atomic E-state index is 10.8. The number of rotatable bonds is 2. The van der Waals surface area contributed by atoms with E-state index < -0.39 is 0 Å². The molecule has 0 saturated carbocycles. The van der Waals surface area contributed by atoms with Gasteiger partial charge in [0.15, 0.2) is 0 Å². The fraction of sp³-hybridized carbons (Fsp3) is 0.182. The highest BCUT2D eigenvalue weighted by Crippen LogP contribution is 2.05. The molecule has 0 aliphatic carbocycles. The lowest BCUT2D eigenvalue weighted by atomic mass is 10.1. The van der Waals surface area contributed by atoms with Crippen molar-refractivity contribution >= 4 is 12.0 Å². The van der Waals surface area contributed by atoms with Gasteiger partial charge in [-0.05, 0) is 18.5 Å². The van der Waals surface area contributed by atoms with Crippen LogP contribution in [0.3, 0.4) is 0 Å². The Labute approximate surface area is 79.2 Å². The normalized spacial score (nSPS) is 11.3. The molecule has 68 valence electrons. The van der Waals surface area contributed by atoms with E-state index >= 15 is 0 Å².